The van der Waals surface area contributed by atoms with E-state index in [9.17, 15) is 17.6 Å². The van der Waals surface area contributed by atoms with E-state index in [1.807, 2.05) is 18.2 Å². The molecule has 1 aliphatic rings. The van der Waals surface area contributed by atoms with Gasteiger partial charge in [0.1, 0.15) is 16.5 Å². The molecular weight excluding hydrogens is 419 g/mol. The van der Waals surface area contributed by atoms with Crippen molar-refractivity contribution < 1.29 is 22.3 Å². The van der Waals surface area contributed by atoms with Crippen LogP contribution in [0.3, 0.4) is 0 Å². The van der Waals surface area contributed by atoms with Crippen molar-refractivity contribution in [3.05, 3.63) is 84.2 Å². The van der Waals surface area contributed by atoms with Crippen molar-refractivity contribution in [2.75, 3.05) is 18.4 Å². The van der Waals surface area contributed by atoms with Gasteiger partial charge in [-0.3, -0.25) is 4.79 Å². The number of rotatable bonds is 6. The molecule has 0 unspecified atom stereocenters. The Bertz CT molecular complexity index is 1190. The van der Waals surface area contributed by atoms with Crippen LogP contribution < -0.4 is 10.1 Å². The molecule has 0 saturated carbocycles. The van der Waals surface area contributed by atoms with Crippen LogP contribution in [0.4, 0.5) is 10.1 Å². The number of ether oxygens (including phenoxy) is 1. The summed E-state index contributed by atoms with van der Waals surface area (Å²) in [4.78, 5) is 12.3. The summed E-state index contributed by atoms with van der Waals surface area (Å²) in [5, 5.41) is 2.72. The Morgan fingerprint density at radius 1 is 0.935 bits per heavy atom. The number of sulfonamides is 1. The lowest BCUT2D eigenvalue weighted by Crippen LogP contribution is -2.29. The zero-order valence-corrected chi connectivity index (χ0v) is 17.4. The highest BCUT2D eigenvalue weighted by molar-refractivity contribution is 7.89. The summed E-state index contributed by atoms with van der Waals surface area (Å²) < 4.78 is 47.0. The van der Waals surface area contributed by atoms with Gasteiger partial charge in [-0.15, -0.1) is 0 Å². The molecule has 1 aliphatic heterocycles. The maximum Gasteiger partial charge on any atom is 0.255 e. The zero-order valence-electron chi connectivity index (χ0n) is 16.6. The first-order valence-electron chi connectivity index (χ1n) is 9.88. The highest BCUT2D eigenvalue weighted by Gasteiger charge is 2.30. The fourth-order valence-corrected chi connectivity index (χ4v) is 4.99. The molecule has 3 aromatic rings. The van der Waals surface area contributed by atoms with Crippen LogP contribution in [-0.2, 0) is 10.0 Å². The fourth-order valence-electron chi connectivity index (χ4n) is 3.38. The predicted octanol–water partition coefficient (Wildman–Crippen LogP) is 4.65. The van der Waals surface area contributed by atoms with E-state index in [1.165, 1.54) is 10.4 Å². The summed E-state index contributed by atoms with van der Waals surface area (Å²) in [5.41, 5.74) is 0.443. The molecule has 0 radical (unpaired) electrons. The smallest absolute Gasteiger partial charge is 0.255 e. The van der Waals surface area contributed by atoms with E-state index in [1.54, 1.807) is 36.4 Å². The van der Waals surface area contributed by atoms with Crippen molar-refractivity contribution in [2.24, 2.45) is 0 Å². The molecule has 0 atom stereocenters. The van der Waals surface area contributed by atoms with E-state index in [-0.39, 0.29) is 5.56 Å². The molecule has 1 saturated heterocycles. The van der Waals surface area contributed by atoms with Crippen LogP contribution in [0.2, 0.25) is 0 Å². The number of hydrogen-bond acceptors (Lipinski definition) is 4. The van der Waals surface area contributed by atoms with E-state index in [0.29, 0.717) is 30.3 Å². The number of carbonyl (C=O) groups is 1. The molecular formula is C23H21FN2O4S. The molecule has 0 aliphatic carbocycles. The molecule has 8 heteroatoms. The van der Waals surface area contributed by atoms with Crippen LogP contribution in [0.1, 0.15) is 23.2 Å². The third-order valence-corrected chi connectivity index (χ3v) is 6.90. The average molecular weight is 440 g/mol. The molecule has 1 fully saturated rings. The lowest BCUT2D eigenvalue weighted by atomic mass is 10.2. The Kier molecular flexibility index (Phi) is 6.01. The van der Waals surface area contributed by atoms with Crippen molar-refractivity contribution in [2.45, 2.75) is 17.7 Å². The van der Waals surface area contributed by atoms with Crippen LogP contribution >= 0.6 is 0 Å². The molecule has 1 amide bonds. The Balaban J connectivity index is 1.59. The minimum atomic E-state index is -3.99. The van der Waals surface area contributed by atoms with Gasteiger partial charge in [-0.05, 0) is 55.3 Å². The highest BCUT2D eigenvalue weighted by atomic mass is 32.2. The maximum atomic E-state index is 14.4. The van der Waals surface area contributed by atoms with Gasteiger partial charge in [-0.1, -0.05) is 30.3 Å². The second kappa shape index (κ2) is 8.87. The number of para-hydroxylation sites is 3. The van der Waals surface area contributed by atoms with Crippen LogP contribution in [0.25, 0.3) is 0 Å². The number of halogens is 1. The Morgan fingerprint density at radius 3 is 2.35 bits per heavy atom. The molecule has 4 rings (SSSR count). The van der Waals surface area contributed by atoms with Gasteiger partial charge in [0, 0.05) is 18.7 Å². The summed E-state index contributed by atoms with van der Waals surface area (Å²) in [6.07, 6.45) is 1.47. The number of amides is 1. The summed E-state index contributed by atoms with van der Waals surface area (Å²) in [6.45, 7) is 0.699. The van der Waals surface area contributed by atoms with Crippen molar-refractivity contribution in [1.82, 2.24) is 4.31 Å². The molecule has 0 aromatic heterocycles. The molecule has 1 heterocycles. The van der Waals surface area contributed by atoms with Crippen molar-refractivity contribution in [3.63, 3.8) is 0 Å². The zero-order chi connectivity index (χ0) is 21.8. The maximum absolute atomic E-state index is 14.4. The summed E-state index contributed by atoms with van der Waals surface area (Å²) in [6, 6.07) is 19.3. The quantitative estimate of drug-likeness (QED) is 0.605. The fraction of sp³-hybridized carbons (Fsp3) is 0.174. The third kappa shape index (κ3) is 4.60. The van der Waals surface area contributed by atoms with Gasteiger partial charge in [-0.25, -0.2) is 12.8 Å². The number of benzene rings is 3. The monoisotopic (exact) mass is 440 g/mol. The molecule has 160 valence electrons. The molecule has 3 aromatic carbocycles. The van der Waals surface area contributed by atoms with E-state index in [2.05, 4.69) is 5.32 Å². The lowest BCUT2D eigenvalue weighted by Gasteiger charge is -2.17. The third-order valence-electron chi connectivity index (χ3n) is 4.98. The summed E-state index contributed by atoms with van der Waals surface area (Å²) in [5.74, 6) is -0.419. The predicted molar refractivity (Wildman–Crippen MR) is 115 cm³/mol. The van der Waals surface area contributed by atoms with Gasteiger partial charge in [0.15, 0.2) is 5.75 Å². The first-order valence-corrected chi connectivity index (χ1v) is 11.3. The van der Waals surface area contributed by atoms with Gasteiger partial charge in [-0.2, -0.15) is 4.31 Å². The standard InChI is InChI=1S/C23H21FN2O4S/c24-19-13-12-17(16-22(19)31(28,29)26-14-6-7-15-26)23(27)25-20-10-4-5-11-21(20)30-18-8-2-1-3-9-18/h1-5,8-13,16H,6-7,14-15H2,(H,25,27). The molecule has 1 N–H and O–H groups in total. The molecule has 31 heavy (non-hydrogen) atoms. The molecule has 0 spiro atoms. The van der Waals surface area contributed by atoms with Gasteiger partial charge in [0.05, 0.1) is 5.69 Å². The summed E-state index contributed by atoms with van der Waals surface area (Å²) >= 11 is 0. The van der Waals surface area contributed by atoms with Crippen LogP contribution in [0.5, 0.6) is 11.5 Å². The van der Waals surface area contributed by atoms with Crippen LogP contribution in [0.15, 0.2) is 77.7 Å². The Hall–Kier alpha value is -3.23. The van der Waals surface area contributed by atoms with E-state index >= 15 is 0 Å². The normalized spacial score (nSPS) is 14.4. The van der Waals surface area contributed by atoms with Gasteiger partial charge in [0.25, 0.3) is 5.91 Å². The van der Waals surface area contributed by atoms with Gasteiger partial charge in [0.2, 0.25) is 10.0 Å². The number of carbonyl (C=O) groups excluding carboxylic acids is 1. The second-order valence-corrected chi connectivity index (χ2v) is 9.03. The largest absolute Gasteiger partial charge is 0.455 e. The molecule has 0 bridgehead atoms. The minimum Gasteiger partial charge on any atom is -0.455 e. The SMILES string of the molecule is O=C(Nc1ccccc1Oc1ccccc1)c1ccc(F)c(S(=O)(=O)N2CCCC2)c1. The molecule has 6 nitrogen and oxygen atoms in total. The number of nitrogens with zero attached hydrogens (tertiary/aromatic N) is 1. The van der Waals surface area contributed by atoms with Crippen molar-refractivity contribution in [3.8, 4) is 11.5 Å². The highest BCUT2D eigenvalue weighted by Crippen LogP contribution is 2.30. The number of hydrogen-bond donors (Lipinski definition) is 1. The van der Waals surface area contributed by atoms with E-state index < -0.39 is 26.6 Å². The van der Waals surface area contributed by atoms with E-state index in [0.717, 1.165) is 25.0 Å². The topological polar surface area (TPSA) is 75.7 Å². The number of anilines is 1. The van der Waals surface area contributed by atoms with Crippen molar-refractivity contribution >= 4 is 21.6 Å². The van der Waals surface area contributed by atoms with Gasteiger partial charge >= 0.3 is 0 Å². The Labute approximate surface area is 180 Å². The number of nitrogens with one attached hydrogen (secondary N) is 1. The second-order valence-electron chi connectivity index (χ2n) is 7.12. The lowest BCUT2D eigenvalue weighted by molar-refractivity contribution is 0.102. The first kappa shape index (κ1) is 21.0. The summed E-state index contributed by atoms with van der Waals surface area (Å²) in [7, 11) is -3.99. The van der Waals surface area contributed by atoms with Crippen molar-refractivity contribution in [1.29, 1.82) is 0 Å². The van der Waals surface area contributed by atoms with Gasteiger partial charge < -0.3 is 10.1 Å². The minimum absolute atomic E-state index is 0.0358. The first-order chi connectivity index (χ1) is 14.9. The van der Waals surface area contributed by atoms with Crippen LogP contribution in [0, 0.1) is 5.82 Å². The van der Waals surface area contributed by atoms with E-state index in [4.69, 9.17) is 4.74 Å². The van der Waals surface area contributed by atoms with Crippen LogP contribution in [-0.4, -0.2) is 31.7 Å². The average Bonchev–Trinajstić information content (AvgIpc) is 3.32. The Morgan fingerprint density at radius 2 is 1.61 bits per heavy atom.